The number of piperidine rings is 1. The summed E-state index contributed by atoms with van der Waals surface area (Å²) in [6.45, 7) is 6.15. The number of likely N-dealkylation sites (tertiary alicyclic amines) is 1. The predicted octanol–water partition coefficient (Wildman–Crippen LogP) is 5.19. The van der Waals surface area contributed by atoms with Gasteiger partial charge in [-0.25, -0.2) is 4.79 Å². The molecule has 4 rings (SSSR count). The topological polar surface area (TPSA) is 82.0 Å². The largest absolute Gasteiger partial charge is 0.481 e. The maximum absolute atomic E-state index is 13.0. The van der Waals surface area contributed by atoms with Gasteiger partial charge < -0.3 is 15.3 Å². The van der Waals surface area contributed by atoms with Crippen LogP contribution in [-0.4, -0.2) is 47.4 Å². The van der Waals surface area contributed by atoms with Gasteiger partial charge in [-0.1, -0.05) is 50.2 Å². The lowest BCUT2D eigenvalue weighted by Crippen LogP contribution is -2.46. The molecule has 6 nitrogen and oxygen atoms in total. The molecule has 2 aromatic rings. The van der Waals surface area contributed by atoms with E-state index in [1.807, 2.05) is 35.2 Å². The number of carboxylic acid groups (broad SMARTS) is 1. The number of carboxylic acids is 1. The van der Waals surface area contributed by atoms with Crippen molar-refractivity contribution < 1.29 is 14.7 Å². The summed E-state index contributed by atoms with van der Waals surface area (Å²) in [5, 5.41) is 12.5. The van der Waals surface area contributed by atoms with Gasteiger partial charge in [0.15, 0.2) is 0 Å². The van der Waals surface area contributed by atoms with Gasteiger partial charge in [-0.2, -0.15) is 0 Å². The zero-order chi connectivity index (χ0) is 23.4. The smallest absolute Gasteiger partial charge is 0.321 e. The van der Waals surface area contributed by atoms with E-state index in [1.54, 1.807) is 0 Å². The van der Waals surface area contributed by atoms with Crippen molar-refractivity contribution >= 4 is 23.4 Å². The van der Waals surface area contributed by atoms with Gasteiger partial charge in [-0.15, -0.1) is 0 Å². The number of urea groups is 1. The molecule has 2 aromatic carbocycles. The summed E-state index contributed by atoms with van der Waals surface area (Å²) in [7, 11) is 0. The van der Waals surface area contributed by atoms with Crippen LogP contribution in [0.2, 0.25) is 0 Å². The van der Waals surface area contributed by atoms with E-state index in [0.717, 1.165) is 24.4 Å². The van der Waals surface area contributed by atoms with E-state index >= 15 is 0 Å². The molecule has 2 N–H and O–H groups in total. The number of hydrogen-bond acceptors (Lipinski definition) is 3. The summed E-state index contributed by atoms with van der Waals surface area (Å²) in [5.41, 5.74) is 5.52. The van der Waals surface area contributed by atoms with Crippen molar-refractivity contribution in [1.82, 2.24) is 4.90 Å². The number of benzene rings is 2. The number of nitrogens with zero attached hydrogens (tertiary/aromatic N) is 2. The van der Waals surface area contributed by atoms with Gasteiger partial charge in [0, 0.05) is 37.5 Å². The molecule has 0 aliphatic carbocycles. The number of carbonyl (C=O) groups excluding carboxylic acids is 1. The molecule has 0 unspecified atom stereocenters. The molecule has 174 valence electrons. The molecule has 2 aliphatic rings. The molecule has 1 fully saturated rings. The number of carbonyl (C=O) groups is 2. The van der Waals surface area contributed by atoms with Crippen LogP contribution in [0.15, 0.2) is 53.5 Å². The first-order chi connectivity index (χ1) is 15.9. The summed E-state index contributed by atoms with van der Waals surface area (Å²) in [4.78, 5) is 31.1. The number of fused-ring (bicyclic) bond motifs is 1. The maximum atomic E-state index is 13.0. The van der Waals surface area contributed by atoms with Crippen LogP contribution >= 0.6 is 0 Å². The van der Waals surface area contributed by atoms with Crippen molar-refractivity contribution in [3.8, 4) is 0 Å². The van der Waals surface area contributed by atoms with Crippen molar-refractivity contribution in [2.24, 2.45) is 16.8 Å². The fourth-order valence-electron chi connectivity index (χ4n) is 4.98. The Bertz CT molecular complexity index is 1030. The molecular formula is C27H33N3O3. The summed E-state index contributed by atoms with van der Waals surface area (Å²) in [5.74, 6) is -0.238. The predicted molar refractivity (Wildman–Crippen MR) is 131 cm³/mol. The van der Waals surface area contributed by atoms with Crippen LogP contribution in [0.4, 0.5) is 10.5 Å². The first-order valence-electron chi connectivity index (χ1n) is 11.9. The lowest BCUT2D eigenvalue weighted by atomic mass is 9.78. The number of anilines is 1. The molecule has 0 saturated carbocycles. The normalized spacial score (nSPS) is 20.2. The fraction of sp³-hybridized carbons (Fsp3) is 0.444. The van der Waals surface area contributed by atoms with Gasteiger partial charge in [0.2, 0.25) is 0 Å². The van der Waals surface area contributed by atoms with Gasteiger partial charge >= 0.3 is 12.0 Å². The van der Waals surface area contributed by atoms with Gasteiger partial charge in [0.05, 0.1) is 0 Å². The summed E-state index contributed by atoms with van der Waals surface area (Å²) >= 11 is 0. The highest BCUT2D eigenvalue weighted by Crippen LogP contribution is 2.32. The molecule has 0 aromatic heterocycles. The van der Waals surface area contributed by atoms with E-state index in [9.17, 15) is 14.7 Å². The quantitative estimate of drug-likeness (QED) is 0.639. The SMILES string of the molecule is CC(C)c1ccc(NC(=O)N2CC[C@@H](CC(=O)O)[C@@H](CC3=NCCc4ccccc43)C2)cc1. The molecule has 2 heterocycles. The number of aliphatic carboxylic acids is 1. The number of hydrogen-bond donors (Lipinski definition) is 2. The highest BCUT2D eigenvalue weighted by atomic mass is 16.4. The van der Waals surface area contributed by atoms with E-state index in [4.69, 9.17) is 4.99 Å². The van der Waals surface area contributed by atoms with Crippen molar-refractivity contribution in [1.29, 1.82) is 0 Å². The molecule has 0 radical (unpaired) electrons. The number of rotatable bonds is 6. The van der Waals surface area contributed by atoms with E-state index in [1.165, 1.54) is 16.7 Å². The molecule has 0 spiro atoms. The Kier molecular flexibility index (Phi) is 7.11. The Morgan fingerprint density at radius 1 is 1.12 bits per heavy atom. The summed E-state index contributed by atoms with van der Waals surface area (Å²) in [6.07, 6.45) is 2.45. The standard InChI is InChI=1S/C27H33N3O3/c1-18(2)19-7-9-23(10-8-19)29-27(33)30-14-12-21(16-26(31)32)22(17-30)15-25-24-6-4-3-5-20(24)11-13-28-25/h3-10,18,21-22H,11-17H2,1-2H3,(H,29,33)(H,31,32)/t21-,22-/m0/s1. The third kappa shape index (κ3) is 5.62. The van der Waals surface area contributed by atoms with Crippen LogP contribution in [0.3, 0.4) is 0 Å². The lowest BCUT2D eigenvalue weighted by Gasteiger charge is -2.38. The molecular weight excluding hydrogens is 414 g/mol. The average molecular weight is 448 g/mol. The molecule has 2 aliphatic heterocycles. The lowest BCUT2D eigenvalue weighted by molar-refractivity contribution is -0.138. The second-order valence-electron chi connectivity index (χ2n) is 9.50. The van der Waals surface area contributed by atoms with Crippen molar-refractivity contribution in [3.63, 3.8) is 0 Å². The van der Waals surface area contributed by atoms with Crippen LogP contribution in [0, 0.1) is 11.8 Å². The van der Waals surface area contributed by atoms with Crippen LogP contribution < -0.4 is 5.32 Å². The molecule has 33 heavy (non-hydrogen) atoms. The minimum atomic E-state index is -0.779. The summed E-state index contributed by atoms with van der Waals surface area (Å²) < 4.78 is 0. The highest BCUT2D eigenvalue weighted by Gasteiger charge is 2.34. The van der Waals surface area contributed by atoms with Crippen molar-refractivity contribution in [2.45, 2.75) is 45.4 Å². The Morgan fingerprint density at radius 2 is 1.88 bits per heavy atom. The van der Waals surface area contributed by atoms with E-state index in [0.29, 0.717) is 31.8 Å². The van der Waals surface area contributed by atoms with Crippen LogP contribution in [0.5, 0.6) is 0 Å². The van der Waals surface area contributed by atoms with Gasteiger partial charge in [0.1, 0.15) is 0 Å². The zero-order valence-corrected chi connectivity index (χ0v) is 19.5. The Labute approximate surface area is 195 Å². The molecule has 2 atom stereocenters. The first-order valence-corrected chi connectivity index (χ1v) is 11.9. The van der Waals surface area contributed by atoms with Crippen LogP contribution in [0.1, 0.15) is 55.7 Å². The van der Waals surface area contributed by atoms with E-state index in [-0.39, 0.29) is 24.3 Å². The fourth-order valence-corrected chi connectivity index (χ4v) is 4.98. The number of amides is 2. The molecule has 0 bridgehead atoms. The molecule has 2 amide bonds. The van der Waals surface area contributed by atoms with Crippen LogP contribution in [0.25, 0.3) is 0 Å². The average Bonchev–Trinajstić information content (AvgIpc) is 2.80. The van der Waals surface area contributed by atoms with Gasteiger partial charge in [-0.05, 0) is 65.8 Å². The first kappa shape index (κ1) is 23.0. The number of nitrogens with one attached hydrogen (secondary N) is 1. The van der Waals surface area contributed by atoms with Crippen LogP contribution in [-0.2, 0) is 11.2 Å². The van der Waals surface area contributed by atoms with Crippen molar-refractivity contribution in [2.75, 3.05) is 25.0 Å². The zero-order valence-electron chi connectivity index (χ0n) is 19.5. The van der Waals surface area contributed by atoms with E-state index in [2.05, 4.69) is 37.4 Å². The minimum Gasteiger partial charge on any atom is -0.481 e. The Morgan fingerprint density at radius 3 is 2.61 bits per heavy atom. The Hall–Kier alpha value is -3.15. The third-order valence-corrected chi connectivity index (χ3v) is 6.91. The Balaban J connectivity index is 1.46. The monoisotopic (exact) mass is 447 g/mol. The van der Waals surface area contributed by atoms with Gasteiger partial charge in [-0.3, -0.25) is 9.79 Å². The second-order valence-corrected chi connectivity index (χ2v) is 9.50. The molecule has 6 heteroatoms. The summed E-state index contributed by atoms with van der Waals surface area (Å²) in [6, 6.07) is 16.2. The van der Waals surface area contributed by atoms with Gasteiger partial charge in [0.25, 0.3) is 0 Å². The van der Waals surface area contributed by atoms with E-state index < -0.39 is 5.97 Å². The minimum absolute atomic E-state index is 0.0358. The number of aliphatic imine (C=N–C) groups is 1. The second kappa shape index (κ2) is 10.2. The molecule has 1 saturated heterocycles. The third-order valence-electron chi connectivity index (χ3n) is 6.91. The maximum Gasteiger partial charge on any atom is 0.321 e. The highest BCUT2D eigenvalue weighted by molar-refractivity contribution is 6.02. The van der Waals surface area contributed by atoms with Crippen molar-refractivity contribution in [3.05, 3.63) is 65.2 Å².